The minimum absolute atomic E-state index is 0.357. The lowest BCUT2D eigenvalue weighted by molar-refractivity contribution is 0.0945. The number of hydrogen-bond acceptors (Lipinski definition) is 6. The highest BCUT2D eigenvalue weighted by atomic mass is 16.3. The summed E-state index contributed by atoms with van der Waals surface area (Å²) < 4.78 is 0. The summed E-state index contributed by atoms with van der Waals surface area (Å²) in [6, 6.07) is 1.77. The molecule has 2 aromatic heterocycles. The second-order valence-electron chi connectivity index (χ2n) is 5.17. The van der Waals surface area contributed by atoms with Crippen molar-refractivity contribution < 1.29 is 5.11 Å². The Morgan fingerprint density at radius 1 is 1.50 bits per heavy atom. The molecule has 2 rings (SSSR count). The number of anilines is 2. The van der Waals surface area contributed by atoms with Gasteiger partial charge in [-0.1, -0.05) is 0 Å². The molecule has 0 aliphatic heterocycles. The third kappa shape index (κ3) is 3.12. The van der Waals surface area contributed by atoms with Crippen LogP contribution in [0.15, 0.2) is 18.5 Å². The van der Waals surface area contributed by atoms with Gasteiger partial charge in [-0.2, -0.15) is 5.10 Å². The van der Waals surface area contributed by atoms with Crippen LogP contribution in [0.4, 0.5) is 11.4 Å². The van der Waals surface area contributed by atoms with E-state index in [1.807, 2.05) is 0 Å². The summed E-state index contributed by atoms with van der Waals surface area (Å²) in [4.78, 5) is 4.25. The first kappa shape index (κ1) is 14.0. The number of nitrogen functional groups attached to an aromatic ring is 1. The summed E-state index contributed by atoms with van der Waals surface area (Å²) >= 11 is 0. The second-order valence-corrected chi connectivity index (χ2v) is 5.17. The molecule has 20 heavy (non-hydrogen) atoms. The number of aliphatic hydroxyl groups is 1. The summed E-state index contributed by atoms with van der Waals surface area (Å²) in [6.07, 6.45) is 4.31. The number of aromatic amines is 1. The number of rotatable bonds is 5. The highest BCUT2D eigenvalue weighted by molar-refractivity contribution is 5.87. The average Bonchev–Trinajstić information content (AvgIpc) is 2.81. The van der Waals surface area contributed by atoms with Gasteiger partial charge in [0, 0.05) is 30.2 Å². The van der Waals surface area contributed by atoms with Gasteiger partial charge in [-0.3, -0.25) is 10.1 Å². The topological polar surface area (TPSA) is 124 Å². The fourth-order valence-corrected chi connectivity index (χ4v) is 1.68. The maximum absolute atomic E-state index is 9.77. The molecule has 2 heterocycles. The highest BCUT2D eigenvalue weighted by Crippen LogP contribution is 2.25. The zero-order valence-electron chi connectivity index (χ0n) is 11.4. The molecule has 0 unspecified atom stereocenters. The van der Waals surface area contributed by atoms with Crippen LogP contribution in [-0.2, 0) is 0 Å². The lowest BCUT2D eigenvalue weighted by atomic mass is 10.1. The van der Waals surface area contributed by atoms with E-state index >= 15 is 0 Å². The number of pyridine rings is 1. The van der Waals surface area contributed by atoms with E-state index in [0.29, 0.717) is 34.9 Å². The van der Waals surface area contributed by atoms with Crippen LogP contribution < -0.4 is 11.1 Å². The minimum atomic E-state index is -0.851. The Morgan fingerprint density at radius 2 is 2.25 bits per heavy atom. The van der Waals surface area contributed by atoms with Crippen LogP contribution in [0.2, 0.25) is 0 Å². The number of nitrogens with two attached hydrogens (primary N) is 1. The molecule has 0 saturated carbocycles. The predicted molar refractivity (Wildman–Crippen MR) is 78.9 cm³/mol. The van der Waals surface area contributed by atoms with Gasteiger partial charge in [-0.05, 0) is 19.9 Å². The standard InChI is InChI=1S/C13H18N6O/c1-13(2,20)7-17-10-3-11(16-5-8(10)4-14)12-9(15)6-18-19-12/h3-6,14,20H,7,15H2,1-2H3,(H,16,17)(H,18,19). The van der Waals surface area contributed by atoms with Crippen molar-refractivity contribution >= 4 is 17.6 Å². The van der Waals surface area contributed by atoms with Gasteiger partial charge in [0.2, 0.25) is 0 Å². The van der Waals surface area contributed by atoms with E-state index in [-0.39, 0.29) is 0 Å². The van der Waals surface area contributed by atoms with Crippen LogP contribution >= 0.6 is 0 Å². The van der Waals surface area contributed by atoms with Crippen LogP contribution in [0.5, 0.6) is 0 Å². The molecule has 0 aliphatic rings. The van der Waals surface area contributed by atoms with Crippen molar-refractivity contribution in [2.24, 2.45) is 0 Å². The van der Waals surface area contributed by atoms with Crippen molar-refractivity contribution in [2.45, 2.75) is 19.4 Å². The van der Waals surface area contributed by atoms with Gasteiger partial charge in [0.25, 0.3) is 0 Å². The summed E-state index contributed by atoms with van der Waals surface area (Å²) in [5.41, 5.74) is 8.06. The molecule has 0 aliphatic carbocycles. The lowest BCUT2D eigenvalue weighted by Gasteiger charge is -2.19. The van der Waals surface area contributed by atoms with Gasteiger partial charge >= 0.3 is 0 Å². The molecule has 0 amide bonds. The Morgan fingerprint density at radius 3 is 2.80 bits per heavy atom. The predicted octanol–water partition coefficient (Wildman–Crippen LogP) is 1.23. The summed E-state index contributed by atoms with van der Waals surface area (Å²) in [6.45, 7) is 3.77. The number of H-pyrrole nitrogens is 1. The summed E-state index contributed by atoms with van der Waals surface area (Å²) in [7, 11) is 0. The first-order valence-electron chi connectivity index (χ1n) is 6.17. The zero-order chi connectivity index (χ0) is 14.8. The fourth-order valence-electron chi connectivity index (χ4n) is 1.68. The molecule has 0 atom stereocenters. The Kier molecular flexibility index (Phi) is 3.71. The Hall–Kier alpha value is -2.41. The maximum Gasteiger partial charge on any atom is 0.106 e. The molecule has 7 nitrogen and oxygen atoms in total. The summed E-state index contributed by atoms with van der Waals surface area (Å²) in [5.74, 6) is 0. The Bertz CT molecular complexity index is 614. The molecule has 0 saturated heterocycles. The van der Waals surface area contributed by atoms with Crippen LogP contribution in [0.1, 0.15) is 19.4 Å². The highest BCUT2D eigenvalue weighted by Gasteiger charge is 2.14. The molecular weight excluding hydrogens is 256 g/mol. The quantitative estimate of drug-likeness (QED) is 0.525. The first-order valence-corrected chi connectivity index (χ1v) is 6.17. The Balaban J connectivity index is 2.34. The number of nitrogens with zero attached hydrogens (tertiary/aromatic N) is 2. The van der Waals surface area contributed by atoms with E-state index in [4.69, 9.17) is 11.1 Å². The number of aromatic nitrogens is 3. The molecule has 0 bridgehead atoms. The second kappa shape index (κ2) is 5.30. The van der Waals surface area contributed by atoms with Gasteiger partial charge in [-0.25, -0.2) is 0 Å². The third-order valence-corrected chi connectivity index (χ3v) is 2.73. The summed E-state index contributed by atoms with van der Waals surface area (Å²) in [5, 5.41) is 26.9. The third-order valence-electron chi connectivity index (χ3n) is 2.73. The van der Waals surface area contributed by atoms with Gasteiger partial charge in [-0.15, -0.1) is 0 Å². The monoisotopic (exact) mass is 274 g/mol. The molecule has 7 heteroatoms. The van der Waals surface area contributed by atoms with E-state index in [1.165, 1.54) is 12.4 Å². The average molecular weight is 274 g/mol. The Labute approximate surface area is 116 Å². The van der Waals surface area contributed by atoms with Gasteiger partial charge in [0.15, 0.2) is 0 Å². The smallest absolute Gasteiger partial charge is 0.106 e. The van der Waals surface area contributed by atoms with Gasteiger partial charge < -0.3 is 21.6 Å². The first-order chi connectivity index (χ1) is 9.40. The van der Waals surface area contributed by atoms with Crippen molar-refractivity contribution in [3.8, 4) is 11.4 Å². The van der Waals surface area contributed by atoms with Crippen LogP contribution in [0, 0.1) is 5.41 Å². The van der Waals surface area contributed by atoms with Gasteiger partial charge in [0.1, 0.15) is 5.69 Å². The van der Waals surface area contributed by atoms with Crippen LogP contribution in [-0.4, -0.2) is 38.6 Å². The molecule has 0 radical (unpaired) electrons. The maximum atomic E-state index is 9.77. The van der Waals surface area contributed by atoms with Gasteiger partial charge in [0.05, 0.1) is 23.2 Å². The van der Waals surface area contributed by atoms with E-state index < -0.39 is 5.60 Å². The van der Waals surface area contributed by atoms with Crippen LogP contribution in [0.25, 0.3) is 11.4 Å². The SMILES string of the molecule is CC(C)(O)CNc1cc(-c2[nH]ncc2N)ncc1C=N. The molecule has 0 spiro atoms. The van der Waals surface area contributed by atoms with Crippen LogP contribution in [0.3, 0.4) is 0 Å². The molecular formula is C13H18N6O. The zero-order valence-corrected chi connectivity index (χ0v) is 11.4. The lowest BCUT2D eigenvalue weighted by Crippen LogP contribution is -2.29. The van der Waals surface area contributed by atoms with Crippen molar-refractivity contribution in [1.29, 1.82) is 5.41 Å². The molecule has 2 aromatic rings. The minimum Gasteiger partial charge on any atom is -0.396 e. The molecule has 106 valence electrons. The van der Waals surface area contributed by atoms with E-state index in [0.717, 1.165) is 0 Å². The molecule has 0 fully saturated rings. The number of nitrogens with one attached hydrogen (secondary N) is 3. The van der Waals surface area contributed by atoms with Crippen molar-refractivity contribution in [2.75, 3.05) is 17.6 Å². The van der Waals surface area contributed by atoms with Crippen molar-refractivity contribution in [1.82, 2.24) is 15.2 Å². The normalized spacial score (nSPS) is 11.3. The fraction of sp³-hybridized carbons (Fsp3) is 0.308. The van der Waals surface area contributed by atoms with Crippen molar-refractivity contribution in [3.05, 3.63) is 24.0 Å². The number of hydrogen-bond donors (Lipinski definition) is 5. The van der Waals surface area contributed by atoms with E-state index in [9.17, 15) is 5.11 Å². The van der Waals surface area contributed by atoms with Crippen molar-refractivity contribution in [3.63, 3.8) is 0 Å². The molecule has 6 N–H and O–H groups in total. The van der Waals surface area contributed by atoms with E-state index in [1.54, 1.807) is 26.1 Å². The van der Waals surface area contributed by atoms with E-state index in [2.05, 4.69) is 20.5 Å². The largest absolute Gasteiger partial charge is 0.396 e. The molecule has 0 aromatic carbocycles.